The highest BCUT2D eigenvalue weighted by Gasteiger charge is 2.27. The third-order valence-corrected chi connectivity index (χ3v) is 5.16. The van der Waals surface area contributed by atoms with Gasteiger partial charge in [-0.3, -0.25) is 0 Å². The van der Waals surface area contributed by atoms with E-state index in [4.69, 9.17) is 4.74 Å². The molecule has 2 nitrogen and oxygen atoms in total. The number of aryl methyl sites for hydroxylation is 2. The van der Waals surface area contributed by atoms with E-state index in [0.29, 0.717) is 11.5 Å². The number of hydrogen-bond donors (Lipinski definition) is 1. The average molecular weight is 273 g/mol. The standard InChI is InChI=1S/C18H27NO/c1-14(19-13-18(2)8-10-20-11-9-18)16-7-6-15-4-3-5-17(15)12-16/h6-7,12,14,19H,3-5,8-11,13H2,1-2H3. The summed E-state index contributed by atoms with van der Waals surface area (Å²) in [5, 5.41) is 3.74. The maximum atomic E-state index is 5.48. The first-order chi connectivity index (χ1) is 9.66. The second-order valence-corrected chi connectivity index (χ2v) is 6.91. The van der Waals surface area contributed by atoms with Gasteiger partial charge in [-0.05, 0) is 61.1 Å². The van der Waals surface area contributed by atoms with Crippen molar-refractivity contribution in [3.8, 4) is 0 Å². The minimum absolute atomic E-state index is 0.406. The third kappa shape index (κ3) is 3.07. The van der Waals surface area contributed by atoms with Gasteiger partial charge in [0.1, 0.15) is 0 Å². The first-order valence-electron chi connectivity index (χ1n) is 8.09. The Hall–Kier alpha value is -0.860. The van der Waals surface area contributed by atoms with Gasteiger partial charge in [0.2, 0.25) is 0 Å². The first-order valence-corrected chi connectivity index (χ1v) is 8.09. The monoisotopic (exact) mass is 273 g/mol. The lowest BCUT2D eigenvalue weighted by Gasteiger charge is -2.34. The van der Waals surface area contributed by atoms with Crippen LogP contribution < -0.4 is 5.32 Å². The van der Waals surface area contributed by atoms with Gasteiger partial charge in [-0.1, -0.05) is 25.1 Å². The van der Waals surface area contributed by atoms with E-state index in [-0.39, 0.29) is 0 Å². The van der Waals surface area contributed by atoms with E-state index >= 15 is 0 Å². The molecule has 2 heteroatoms. The van der Waals surface area contributed by atoms with Crippen molar-refractivity contribution in [1.82, 2.24) is 5.32 Å². The highest BCUT2D eigenvalue weighted by molar-refractivity contribution is 5.36. The Morgan fingerprint density at radius 1 is 1.20 bits per heavy atom. The molecular weight excluding hydrogens is 246 g/mol. The van der Waals surface area contributed by atoms with Crippen molar-refractivity contribution in [3.05, 3.63) is 34.9 Å². The van der Waals surface area contributed by atoms with Gasteiger partial charge < -0.3 is 10.1 Å². The van der Waals surface area contributed by atoms with Crippen LogP contribution in [-0.2, 0) is 17.6 Å². The Kier molecular flexibility index (Phi) is 4.13. The van der Waals surface area contributed by atoms with Crippen LogP contribution in [0.1, 0.15) is 55.8 Å². The largest absolute Gasteiger partial charge is 0.381 e. The molecule has 0 bridgehead atoms. The summed E-state index contributed by atoms with van der Waals surface area (Å²) in [6.07, 6.45) is 6.23. The van der Waals surface area contributed by atoms with Crippen LogP contribution in [0.2, 0.25) is 0 Å². The lowest BCUT2D eigenvalue weighted by molar-refractivity contribution is 0.0231. The smallest absolute Gasteiger partial charge is 0.0471 e. The van der Waals surface area contributed by atoms with Crippen LogP contribution in [0, 0.1) is 5.41 Å². The molecule has 3 rings (SSSR count). The van der Waals surface area contributed by atoms with E-state index in [0.717, 1.165) is 19.8 Å². The van der Waals surface area contributed by atoms with E-state index in [1.807, 2.05) is 0 Å². The highest BCUT2D eigenvalue weighted by Crippen LogP contribution is 2.30. The summed E-state index contributed by atoms with van der Waals surface area (Å²) in [5.74, 6) is 0. The molecule has 1 heterocycles. The van der Waals surface area contributed by atoms with Crippen LogP contribution in [0.15, 0.2) is 18.2 Å². The van der Waals surface area contributed by atoms with Gasteiger partial charge in [-0.25, -0.2) is 0 Å². The normalized spacial score (nSPS) is 22.5. The Morgan fingerprint density at radius 3 is 2.75 bits per heavy atom. The van der Waals surface area contributed by atoms with Gasteiger partial charge in [0.15, 0.2) is 0 Å². The summed E-state index contributed by atoms with van der Waals surface area (Å²) >= 11 is 0. The molecular formula is C18H27NO. The fourth-order valence-electron chi connectivity index (χ4n) is 3.42. The van der Waals surface area contributed by atoms with Crippen molar-refractivity contribution in [2.24, 2.45) is 5.41 Å². The maximum absolute atomic E-state index is 5.48. The van der Waals surface area contributed by atoms with Crippen molar-refractivity contribution in [2.75, 3.05) is 19.8 Å². The number of nitrogens with one attached hydrogen (secondary N) is 1. The Balaban J connectivity index is 1.60. The van der Waals surface area contributed by atoms with E-state index in [9.17, 15) is 0 Å². The second-order valence-electron chi connectivity index (χ2n) is 6.91. The predicted molar refractivity (Wildman–Crippen MR) is 83.0 cm³/mol. The number of benzene rings is 1. The zero-order chi connectivity index (χ0) is 14.0. The molecule has 1 aliphatic heterocycles. The molecule has 1 unspecified atom stereocenters. The van der Waals surface area contributed by atoms with Crippen LogP contribution >= 0.6 is 0 Å². The lowest BCUT2D eigenvalue weighted by atomic mass is 9.82. The maximum Gasteiger partial charge on any atom is 0.0471 e. The molecule has 1 atom stereocenters. The van der Waals surface area contributed by atoms with Gasteiger partial charge in [0.05, 0.1) is 0 Å². The molecule has 0 saturated carbocycles. The minimum atomic E-state index is 0.406. The second kappa shape index (κ2) is 5.87. The molecule has 1 saturated heterocycles. The highest BCUT2D eigenvalue weighted by atomic mass is 16.5. The SMILES string of the molecule is CC(NCC1(C)CCOCC1)c1ccc2c(c1)CCC2. The topological polar surface area (TPSA) is 21.3 Å². The molecule has 0 aromatic heterocycles. The summed E-state index contributed by atoms with van der Waals surface area (Å²) in [4.78, 5) is 0. The average Bonchev–Trinajstić information content (AvgIpc) is 2.93. The van der Waals surface area contributed by atoms with Gasteiger partial charge >= 0.3 is 0 Å². The number of rotatable bonds is 4. The van der Waals surface area contributed by atoms with E-state index in [1.54, 1.807) is 11.1 Å². The summed E-state index contributed by atoms with van der Waals surface area (Å²) in [5.41, 5.74) is 5.00. The molecule has 1 aromatic carbocycles. The Bertz CT molecular complexity index is 462. The van der Waals surface area contributed by atoms with E-state index in [2.05, 4.69) is 37.4 Å². The molecule has 0 radical (unpaired) electrons. The molecule has 0 spiro atoms. The minimum Gasteiger partial charge on any atom is -0.381 e. The Morgan fingerprint density at radius 2 is 1.95 bits per heavy atom. The van der Waals surface area contributed by atoms with Crippen molar-refractivity contribution in [1.29, 1.82) is 0 Å². The van der Waals surface area contributed by atoms with Gasteiger partial charge in [-0.15, -0.1) is 0 Å². The van der Waals surface area contributed by atoms with E-state index < -0.39 is 0 Å². The predicted octanol–water partition coefficient (Wildman–Crippen LogP) is 3.64. The number of hydrogen-bond acceptors (Lipinski definition) is 2. The van der Waals surface area contributed by atoms with E-state index in [1.165, 1.54) is 37.7 Å². The first kappa shape index (κ1) is 14.1. The van der Waals surface area contributed by atoms with Crippen molar-refractivity contribution >= 4 is 0 Å². The molecule has 1 aromatic rings. The van der Waals surface area contributed by atoms with Gasteiger partial charge in [0.25, 0.3) is 0 Å². The fourth-order valence-corrected chi connectivity index (χ4v) is 3.42. The van der Waals surface area contributed by atoms with Crippen molar-refractivity contribution < 1.29 is 4.74 Å². The molecule has 20 heavy (non-hydrogen) atoms. The molecule has 110 valence electrons. The zero-order valence-electron chi connectivity index (χ0n) is 12.9. The van der Waals surface area contributed by atoms with Crippen molar-refractivity contribution in [3.63, 3.8) is 0 Å². The van der Waals surface area contributed by atoms with Gasteiger partial charge in [0, 0.05) is 25.8 Å². The quantitative estimate of drug-likeness (QED) is 0.904. The van der Waals surface area contributed by atoms with Crippen LogP contribution in [0.5, 0.6) is 0 Å². The summed E-state index contributed by atoms with van der Waals surface area (Å²) in [6, 6.07) is 7.52. The van der Waals surface area contributed by atoms with Gasteiger partial charge in [-0.2, -0.15) is 0 Å². The Labute approximate surface area is 122 Å². The number of ether oxygens (including phenoxy) is 1. The van der Waals surface area contributed by atoms with Crippen LogP contribution in [0.25, 0.3) is 0 Å². The fraction of sp³-hybridized carbons (Fsp3) is 0.667. The molecule has 1 aliphatic carbocycles. The van der Waals surface area contributed by atoms with Crippen LogP contribution in [0.4, 0.5) is 0 Å². The lowest BCUT2D eigenvalue weighted by Crippen LogP contribution is -2.37. The molecule has 2 aliphatic rings. The summed E-state index contributed by atoms with van der Waals surface area (Å²) < 4.78 is 5.48. The summed E-state index contributed by atoms with van der Waals surface area (Å²) in [6.45, 7) is 7.61. The summed E-state index contributed by atoms with van der Waals surface area (Å²) in [7, 11) is 0. The molecule has 1 fully saturated rings. The number of fused-ring (bicyclic) bond motifs is 1. The molecule has 0 amide bonds. The zero-order valence-corrected chi connectivity index (χ0v) is 12.9. The van der Waals surface area contributed by atoms with Crippen LogP contribution in [-0.4, -0.2) is 19.8 Å². The van der Waals surface area contributed by atoms with Crippen LogP contribution in [0.3, 0.4) is 0 Å². The molecule has 1 N–H and O–H groups in total. The van der Waals surface area contributed by atoms with Crippen molar-refractivity contribution in [2.45, 2.75) is 52.0 Å². The third-order valence-electron chi connectivity index (χ3n) is 5.16.